The molecule has 0 aromatic rings. The van der Waals surface area contributed by atoms with Crippen molar-refractivity contribution in [3.05, 3.63) is 0 Å². The van der Waals surface area contributed by atoms with Gasteiger partial charge in [-0.2, -0.15) is 0 Å². The number of hydrogen-bond acceptors (Lipinski definition) is 4. The monoisotopic (exact) mass is 211 g/mol. The highest BCUT2D eigenvalue weighted by Gasteiger charge is 2.25. The standard InChI is InChI=1S/C11H17NO3/c13-10-7-12(8-11(14)15-10)6-5-9-3-1-2-4-9/h9H,1-8H2. The van der Waals surface area contributed by atoms with Gasteiger partial charge in [-0.15, -0.1) is 0 Å². The average Bonchev–Trinajstić information content (AvgIpc) is 2.65. The van der Waals surface area contributed by atoms with Crippen LogP contribution in [0.15, 0.2) is 0 Å². The van der Waals surface area contributed by atoms with Crippen molar-refractivity contribution < 1.29 is 14.3 Å². The van der Waals surface area contributed by atoms with Crippen LogP contribution in [0.2, 0.25) is 0 Å². The molecule has 2 aliphatic rings. The van der Waals surface area contributed by atoms with Crippen LogP contribution in [0.1, 0.15) is 32.1 Å². The van der Waals surface area contributed by atoms with E-state index < -0.39 is 11.9 Å². The zero-order chi connectivity index (χ0) is 10.7. The van der Waals surface area contributed by atoms with E-state index in [1.54, 1.807) is 0 Å². The molecule has 4 nitrogen and oxygen atoms in total. The Hall–Kier alpha value is -0.900. The molecule has 0 atom stereocenters. The van der Waals surface area contributed by atoms with Gasteiger partial charge in [0.05, 0.1) is 13.1 Å². The number of rotatable bonds is 3. The van der Waals surface area contributed by atoms with E-state index in [1.807, 2.05) is 4.90 Å². The Morgan fingerprint density at radius 3 is 2.33 bits per heavy atom. The molecule has 0 spiro atoms. The topological polar surface area (TPSA) is 46.6 Å². The molecule has 1 heterocycles. The van der Waals surface area contributed by atoms with Gasteiger partial charge < -0.3 is 4.74 Å². The molecule has 1 saturated carbocycles. The van der Waals surface area contributed by atoms with E-state index in [2.05, 4.69) is 4.74 Å². The SMILES string of the molecule is O=C1CN(CCC2CCCC2)CC(=O)O1. The average molecular weight is 211 g/mol. The normalized spacial score (nSPS) is 24.5. The molecule has 4 heteroatoms. The molecule has 0 amide bonds. The third kappa shape index (κ3) is 3.02. The van der Waals surface area contributed by atoms with Crippen LogP contribution in [-0.4, -0.2) is 36.5 Å². The van der Waals surface area contributed by atoms with Crippen molar-refractivity contribution in [1.29, 1.82) is 0 Å². The van der Waals surface area contributed by atoms with E-state index in [4.69, 9.17) is 0 Å². The molecule has 0 unspecified atom stereocenters. The van der Waals surface area contributed by atoms with Gasteiger partial charge in [-0.25, -0.2) is 0 Å². The second-order valence-corrected chi connectivity index (χ2v) is 4.50. The summed E-state index contributed by atoms with van der Waals surface area (Å²) < 4.78 is 4.47. The number of hydrogen-bond donors (Lipinski definition) is 0. The molecular formula is C11H17NO3. The molecule has 0 bridgehead atoms. The molecule has 84 valence electrons. The van der Waals surface area contributed by atoms with E-state index >= 15 is 0 Å². The molecule has 1 saturated heterocycles. The van der Waals surface area contributed by atoms with Crippen molar-refractivity contribution in [2.45, 2.75) is 32.1 Å². The summed E-state index contributed by atoms with van der Waals surface area (Å²) in [7, 11) is 0. The maximum absolute atomic E-state index is 11.0. The highest BCUT2D eigenvalue weighted by molar-refractivity contribution is 5.90. The predicted molar refractivity (Wildman–Crippen MR) is 54.1 cm³/mol. The highest BCUT2D eigenvalue weighted by atomic mass is 16.6. The molecule has 2 fully saturated rings. The van der Waals surface area contributed by atoms with Gasteiger partial charge >= 0.3 is 11.9 Å². The Morgan fingerprint density at radius 2 is 1.73 bits per heavy atom. The first-order valence-corrected chi connectivity index (χ1v) is 5.70. The summed E-state index contributed by atoms with van der Waals surface area (Å²) in [6.45, 7) is 1.41. The number of morpholine rings is 1. The van der Waals surface area contributed by atoms with Gasteiger partial charge in [-0.1, -0.05) is 25.7 Å². The summed E-state index contributed by atoms with van der Waals surface area (Å²) in [4.78, 5) is 23.9. The predicted octanol–water partition coefficient (Wildman–Crippen LogP) is 0.952. The minimum Gasteiger partial charge on any atom is -0.391 e. The summed E-state index contributed by atoms with van der Waals surface area (Å²) in [6, 6.07) is 0. The van der Waals surface area contributed by atoms with Crippen LogP contribution in [-0.2, 0) is 14.3 Å². The lowest BCUT2D eigenvalue weighted by atomic mass is 10.0. The largest absolute Gasteiger partial charge is 0.391 e. The first kappa shape index (κ1) is 10.6. The first-order valence-electron chi connectivity index (χ1n) is 5.70. The fourth-order valence-electron chi connectivity index (χ4n) is 2.43. The molecular weight excluding hydrogens is 194 g/mol. The summed E-state index contributed by atoms with van der Waals surface area (Å²) in [6.07, 6.45) is 6.41. The summed E-state index contributed by atoms with van der Waals surface area (Å²) in [5.41, 5.74) is 0. The third-order valence-electron chi connectivity index (χ3n) is 3.26. The van der Waals surface area contributed by atoms with Crippen LogP contribution < -0.4 is 0 Å². The fraction of sp³-hybridized carbons (Fsp3) is 0.818. The van der Waals surface area contributed by atoms with E-state index in [0.717, 1.165) is 18.9 Å². The van der Waals surface area contributed by atoms with Crippen molar-refractivity contribution in [3.8, 4) is 0 Å². The van der Waals surface area contributed by atoms with Crippen LogP contribution in [0.3, 0.4) is 0 Å². The summed E-state index contributed by atoms with van der Waals surface area (Å²) in [5, 5.41) is 0. The number of cyclic esters (lactones) is 2. The van der Waals surface area contributed by atoms with E-state index in [9.17, 15) is 9.59 Å². The van der Waals surface area contributed by atoms with Gasteiger partial charge in [0.15, 0.2) is 0 Å². The number of carbonyl (C=O) groups excluding carboxylic acids is 2. The van der Waals surface area contributed by atoms with E-state index in [-0.39, 0.29) is 13.1 Å². The van der Waals surface area contributed by atoms with Crippen molar-refractivity contribution in [1.82, 2.24) is 4.90 Å². The Morgan fingerprint density at radius 1 is 1.13 bits per heavy atom. The van der Waals surface area contributed by atoms with Gasteiger partial charge in [-0.05, 0) is 18.9 Å². The van der Waals surface area contributed by atoms with Gasteiger partial charge in [0.25, 0.3) is 0 Å². The Labute approximate surface area is 89.6 Å². The lowest BCUT2D eigenvalue weighted by Crippen LogP contribution is -2.43. The van der Waals surface area contributed by atoms with Crippen LogP contribution >= 0.6 is 0 Å². The number of esters is 2. The summed E-state index contributed by atoms with van der Waals surface area (Å²) >= 11 is 0. The number of ether oxygens (including phenoxy) is 1. The number of nitrogens with zero attached hydrogens (tertiary/aromatic N) is 1. The van der Waals surface area contributed by atoms with Gasteiger partial charge in [0.1, 0.15) is 0 Å². The first-order chi connectivity index (χ1) is 7.24. The van der Waals surface area contributed by atoms with Crippen LogP contribution in [0.5, 0.6) is 0 Å². The zero-order valence-electron chi connectivity index (χ0n) is 8.91. The molecule has 0 N–H and O–H groups in total. The molecule has 1 aliphatic heterocycles. The quantitative estimate of drug-likeness (QED) is 0.515. The lowest BCUT2D eigenvalue weighted by Gasteiger charge is -2.25. The van der Waals surface area contributed by atoms with E-state index in [0.29, 0.717) is 0 Å². The smallest absolute Gasteiger partial charge is 0.327 e. The Balaban J connectivity index is 1.73. The molecule has 2 rings (SSSR count). The van der Waals surface area contributed by atoms with Crippen LogP contribution in [0.4, 0.5) is 0 Å². The van der Waals surface area contributed by atoms with Gasteiger partial charge in [0.2, 0.25) is 0 Å². The second kappa shape index (κ2) is 4.75. The minimum absolute atomic E-state index is 0.276. The van der Waals surface area contributed by atoms with Crippen molar-refractivity contribution in [3.63, 3.8) is 0 Å². The molecule has 0 aromatic heterocycles. The van der Waals surface area contributed by atoms with Crippen LogP contribution in [0.25, 0.3) is 0 Å². The Kier molecular flexibility index (Phi) is 3.36. The van der Waals surface area contributed by atoms with E-state index in [1.165, 1.54) is 25.7 Å². The Bertz CT molecular complexity index is 243. The fourth-order valence-corrected chi connectivity index (χ4v) is 2.43. The molecule has 15 heavy (non-hydrogen) atoms. The zero-order valence-corrected chi connectivity index (χ0v) is 8.91. The molecule has 0 aromatic carbocycles. The highest BCUT2D eigenvalue weighted by Crippen LogP contribution is 2.27. The second-order valence-electron chi connectivity index (χ2n) is 4.50. The third-order valence-corrected chi connectivity index (χ3v) is 3.26. The number of carbonyl (C=O) groups is 2. The minimum atomic E-state index is -0.405. The van der Waals surface area contributed by atoms with Gasteiger partial charge in [-0.3, -0.25) is 14.5 Å². The molecule has 1 aliphatic carbocycles. The lowest BCUT2D eigenvalue weighted by molar-refractivity contribution is -0.166. The molecule has 0 radical (unpaired) electrons. The van der Waals surface area contributed by atoms with Crippen LogP contribution in [0, 0.1) is 5.92 Å². The van der Waals surface area contributed by atoms with Gasteiger partial charge in [0, 0.05) is 0 Å². The van der Waals surface area contributed by atoms with Crippen molar-refractivity contribution >= 4 is 11.9 Å². The van der Waals surface area contributed by atoms with Crippen molar-refractivity contribution in [2.24, 2.45) is 5.92 Å². The maximum atomic E-state index is 11.0. The maximum Gasteiger partial charge on any atom is 0.327 e. The van der Waals surface area contributed by atoms with Crippen molar-refractivity contribution in [2.75, 3.05) is 19.6 Å². The summed E-state index contributed by atoms with van der Waals surface area (Å²) in [5.74, 6) is -0.00612.